The fourth-order valence-electron chi connectivity index (χ4n) is 1.83. The molecule has 0 spiro atoms. The number of ether oxygens (including phenoxy) is 1. The van der Waals surface area contributed by atoms with Crippen LogP contribution in [-0.2, 0) is 16.1 Å². The number of hydrogen-bond donors (Lipinski definition) is 2. The van der Waals surface area contributed by atoms with Crippen LogP contribution >= 0.6 is 0 Å². The molecule has 0 saturated carbocycles. The average Bonchev–Trinajstić information content (AvgIpc) is 2.68. The molecule has 1 amide bonds. The molecule has 1 fully saturated rings. The summed E-state index contributed by atoms with van der Waals surface area (Å²) in [6.45, 7) is 5.38. The van der Waals surface area contributed by atoms with Gasteiger partial charge in [0.05, 0.1) is 6.04 Å². The largest absolute Gasteiger partial charge is 0.443 e. The lowest BCUT2D eigenvalue weighted by Gasteiger charge is -2.33. The molecule has 8 nitrogen and oxygen atoms in total. The van der Waals surface area contributed by atoms with Crippen LogP contribution in [0.4, 0.5) is 4.79 Å². The van der Waals surface area contributed by atoms with Crippen molar-refractivity contribution in [2.45, 2.75) is 45.0 Å². The number of nitrogens with one attached hydrogen (secondary N) is 1. The number of amides is 1. The molecule has 20 heavy (non-hydrogen) atoms. The van der Waals surface area contributed by atoms with Gasteiger partial charge in [-0.15, -0.1) is 0 Å². The van der Waals surface area contributed by atoms with Gasteiger partial charge in [-0.1, -0.05) is 0 Å². The first-order valence-corrected chi connectivity index (χ1v) is 6.26. The van der Waals surface area contributed by atoms with Crippen molar-refractivity contribution in [2.75, 3.05) is 0 Å². The number of hydrogen-bond acceptors (Lipinski definition) is 5. The summed E-state index contributed by atoms with van der Waals surface area (Å²) in [5.41, 5.74) is 4.39. The third-order valence-electron chi connectivity index (χ3n) is 2.89. The predicted octanol–water partition coefficient (Wildman–Crippen LogP) is -0.741. The van der Waals surface area contributed by atoms with Gasteiger partial charge in [0.15, 0.2) is 0 Å². The van der Waals surface area contributed by atoms with Crippen molar-refractivity contribution in [1.82, 2.24) is 14.5 Å². The number of carbonyl (C=O) groups is 2. The van der Waals surface area contributed by atoms with E-state index in [1.165, 1.54) is 17.0 Å². The molecule has 0 bridgehead atoms. The van der Waals surface area contributed by atoms with Crippen molar-refractivity contribution in [3.63, 3.8) is 0 Å². The lowest BCUT2D eigenvalue weighted by molar-refractivity contribution is -0.130. The van der Waals surface area contributed by atoms with Gasteiger partial charge in [-0.25, -0.2) is 14.2 Å². The highest BCUT2D eigenvalue weighted by molar-refractivity contribution is 5.88. The summed E-state index contributed by atoms with van der Waals surface area (Å²) >= 11 is 0. The van der Waals surface area contributed by atoms with E-state index in [1.807, 2.05) is 0 Å². The topological polar surface area (TPSA) is 108 Å². The van der Waals surface area contributed by atoms with E-state index < -0.39 is 23.4 Å². The summed E-state index contributed by atoms with van der Waals surface area (Å²) in [6.07, 6.45) is 2.06. The van der Waals surface area contributed by atoms with Gasteiger partial charge in [0.2, 0.25) is 5.91 Å². The molecule has 1 aromatic rings. The van der Waals surface area contributed by atoms with E-state index in [-0.39, 0.29) is 18.5 Å². The van der Waals surface area contributed by atoms with E-state index in [0.29, 0.717) is 0 Å². The molecule has 0 radical (unpaired) electrons. The Hall–Kier alpha value is -2.09. The Balaban J connectivity index is 2.10. The van der Waals surface area contributed by atoms with Gasteiger partial charge in [-0.3, -0.25) is 9.36 Å². The Morgan fingerprint density at radius 1 is 1.40 bits per heavy atom. The summed E-state index contributed by atoms with van der Waals surface area (Å²) in [5, 5.41) is 2.60. The Morgan fingerprint density at radius 3 is 2.55 bits per heavy atom. The van der Waals surface area contributed by atoms with Crippen molar-refractivity contribution in [3.8, 4) is 0 Å². The number of carbonyl (C=O) groups excluding carboxylic acids is 2. The third kappa shape index (κ3) is 2.74. The van der Waals surface area contributed by atoms with Gasteiger partial charge in [0.25, 0.3) is 0 Å². The minimum absolute atomic E-state index is 0.224. The minimum Gasteiger partial charge on any atom is -0.443 e. The van der Waals surface area contributed by atoms with Gasteiger partial charge in [-0.2, -0.15) is 0 Å². The van der Waals surface area contributed by atoms with Crippen molar-refractivity contribution in [3.05, 3.63) is 22.9 Å². The van der Waals surface area contributed by atoms with E-state index >= 15 is 0 Å². The van der Waals surface area contributed by atoms with Crippen LogP contribution in [0.5, 0.6) is 0 Å². The lowest BCUT2D eigenvalue weighted by atomic mass is 10.0. The summed E-state index contributed by atoms with van der Waals surface area (Å²) in [5.74, 6) is -0.241. The van der Waals surface area contributed by atoms with Crippen LogP contribution in [0.2, 0.25) is 0 Å². The van der Waals surface area contributed by atoms with Gasteiger partial charge >= 0.3 is 11.8 Å². The molecular weight excluding hydrogens is 264 g/mol. The van der Waals surface area contributed by atoms with Crippen LogP contribution in [0.15, 0.2) is 17.2 Å². The zero-order chi connectivity index (χ0) is 15.1. The van der Waals surface area contributed by atoms with Gasteiger partial charge in [0, 0.05) is 18.9 Å². The van der Waals surface area contributed by atoms with Crippen LogP contribution in [-0.4, -0.2) is 38.8 Å². The van der Waals surface area contributed by atoms with E-state index in [0.717, 1.165) is 4.57 Å². The fourth-order valence-corrected chi connectivity index (χ4v) is 1.83. The normalized spacial score (nSPS) is 22.1. The molecule has 1 saturated heterocycles. The molecule has 2 atom stereocenters. The molecule has 1 aliphatic rings. The number of aromatic nitrogens is 2. The molecule has 8 heteroatoms. The third-order valence-corrected chi connectivity index (χ3v) is 2.89. The van der Waals surface area contributed by atoms with Crippen LogP contribution in [0, 0.1) is 0 Å². The molecule has 2 heterocycles. The monoisotopic (exact) mass is 282 g/mol. The molecule has 110 valence electrons. The molecule has 0 aromatic carbocycles. The Morgan fingerprint density at radius 2 is 2.05 bits per heavy atom. The molecule has 3 N–H and O–H groups in total. The summed E-state index contributed by atoms with van der Waals surface area (Å²) < 4.78 is 7.32. The molecular formula is C12H18N4O4. The van der Waals surface area contributed by atoms with E-state index in [9.17, 15) is 14.4 Å². The Kier molecular flexibility index (Phi) is 3.43. The number of nitrogens with zero attached hydrogens (tertiary/aromatic N) is 2. The molecule has 0 aliphatic carbocycles. The first kappa shape index (κ1) is 14.3. The maximum absolute atomic E-state index is 12.0. The highest BCUT2D eigenvalue weighted by atomic mass is 16.6. The minimum atomic E-state index is -0.733. The van der Waals surface area contributed by atoms with Crippen molar-refractivity contribution in [2.24, 2.45) is 5.73 Å². The number of imidazole rings is 1. The number of rotatable bonds is 2. The van der Waals surface area contributed by atoms with E-state index in [4.69, 9.17) is 10.5 Å². The molecule has 1 aliphatic heterocycles. The zero-order valence-corrected chi connectivity index (χ0v) is 11.6. The molecule has 0 unspecified atom stereocenters. The second-order valence-corrected chi connectivity index (χ2v) is 5.72. The Labute approximate surface area is 115 Å². The van der Waals surface area contributed by atoms with E-state index in [2.05, 4.69) is 5.32 Å². The lowest BCUT2D eigenvalue weighted by Crippen LogP contribution is -2.68. The summed E-state index contributed by atoms with van der Waals surface area (Å²) in [7, 11) is 0. The summed E-state index contributed by atoms with van der Waals surface area (Å²) in [4.78, 5) is 34.8. The fraction of sp³-hybridized carbons (Fsp3) is 0.583. The highest BCUT2D eigenvalue weighted by Crippen LogP contribution is 2.09. The number of nitrogens with two attached hydrogens (primary N) is 1. The SMILES string of the molecule is CC(C)(C)OC(=O)n1ccn(C[C@H]2NC(=O)[C@H]2N)c1=O. The van der Waals surface area contributed by atoms with Crippen LogP contribution < -0.4 is 16.7 Å². The van der Waals surface area contributed by atoms with Crippen LogP contribution in [0.1, 0.15) is 20.8 Å². The van der Waals surface area contributed by atoms with Crippen molar-refractivity contribution >= 4 is 12.0 Å². The van der Waals surface area contributed by atoms with Crippen molar-refractivity contribution in [1.29, 1.82) is 0 Å². The van der Waals surface area contributed by atoms with Gasteiger partial charge in [-0.05, 0) is 20.8 Å². The maximum Gasteiger partial charge on any atom is 0.422 e. The van der Waals surface area contributed by atoms with Gasteiger partial charge < -0.3 is 15.8 Å². The predicted molar refractivity (Wildman–Crippen MR) is 70.2 cm³/mol. The first-order valence-electron chi connectivity index (χ1n) is 6.26. The second kappa shape index (κ2) is 4.78. The molecule has 1 aromatic heterocycles. The average molecular weight is 282 g/mol. The quantitative estimate of drug-likeness (QED) is 0.694. The smallest absolute Gasteiger partial charge is 0.422 e. The second-order valence-electron chi connectivity index (χ2n) is 5.72. The standard InChI is InChI=1S/C12H18N4O4/c1-12(2,3)20-11(19)16-5-4-15(10(16)18)6-7-8(13)9(17)14-7/h4-5,7-8H,6,13H2,1-3H3,(H,14,17)/t7-,8+/m1/s1. The maximum atomic E-state index is 12.0. The zero-order valence-electron chi connectivity index (χ0n) is 11.6. The first-order chi connectivity index (χ1) is 9.19. The van der Waals surface area contributed by atoms with Crippen molar-refractivity contribution < 1.29 is 14.3 Å². The summed E-state index contributed by atoms with van der Waals surface area (Å²) in [6, 6.07) is -0.915. The van der Waals surface area contributed by atoms with Crippen LogP contribution in [0.25, 0.3) is 0 Å². The Bertz CT molecular complexity index is 595. The molecule has 2 rings (SSSR count). The van der Waals surface area contributed by atoms with Gasteiger partial charge in [0.1, 0.15) is 11.6 Å². The number of β-lactam (4-membered cyclic amide) rings is 1. The van der Waals surface area contributed by atoms with E-state index in [1.54, 1.807) is 20.8 Å². The van der Waals surface area contributed by atoms with Crippen LogP contribution in [0.3, 0.4) is 0 Å². The highest BCUT2D eigenvalue weighted by Gasteiger charge is 2.36.